The minimum Gasteiger partial charge on any atom is -0.484 e. The fraction of sp³-hybridized carbons (Fsp3) is 0.0545. The smallest absolute Gasteiger partial charge is 0.132 e. The summed E-state index contributed by atoms with van der Waals surface area (Å²) in [5.41, 5.74) is 19.7. The van der Waals surface area contributed by atoms with Crippen LogP contribution in [0.1, 0.15) is 22.6 Å². The van der Waals surface area contributed by atoms with Gasteiger partial charge in [-0.3, -0.25) is 0 Å². The van der Waals surface area contributed by atoms with Gasteiger partial charge in [-0.2, -0.15) is 0 Å². The van der Waals surface area contributed by atoms with Gasteiger partial charge in [-0.05, 0) is 110 Å². The molecule has 0 spiro atoms. The maximum atomic E-state index is 6.61. The predicted octanol–water partition coefficient (Wildman–Crippen LogP) is 14.4. The van der Waals surface area contributed by atoms with Gasteiger partial charge in [0.25, 0.3) is 0 Å². The average molecular weight is 730 g/mol. The van der Waals surface area contributed by atoms with E-state index in [4.69, 9.17) is 4.74 Å². The normalized spacial score (nSPS) is 15.6. The molecular formula is C55H39NO. The topological polar surface area (TPSA) is 12.5 Å². The zero-order valence-corrected chi connectivity index (χ0v) is 31.4. The lowest BCUT2D eigenvalue weighted by molar-refractivity contribution is 0.270. The molecule has 0 amide bonds. The number of anilines is 3. The monoisotopic (exact) mass is 729 g/mol. The number of benzene rings is 8. The molecule has 2 heteroatoms. The molecule has 2 unspecified atom stereocenters. The second-order valence-corrected chi connectivity index (χ2v) is 15.2. The Kier molecular flexibility index (Phi) is 8.07. The molecule has 0 fully saturated rings. The molecule has 1 aliphatic heterocycles. The summed E-state index contributed by atoms with van der Waals surface area (Å²) in [6.45, 7) is 0. The first-order valence-corrected chi connectivity index (χ1v) is 19.9. The summed E-state index contributed by atoms with van der Waals surface area (Å²) in [6.07, 6.45) is 9.64. The number of rotatable bonds is 7. The number of allylic oxidation sites excluding steroid dienone is 2. The van der Waals surface area contributed by atoms with Crippen molar-refractivity contribution >= 4 is 17.1 Å². The molecule has 0 saturated carbocycles. The summed E-state index contributed by atoms with van der Waals surface area (Å²) in [5, 5.41) is 0. The van der Waals surface area contributed by atoms with E-state index in [2.05, 4.69) is 217 Å². The number of ether oxygens (including phenoxy) is 1. The Balaban J connectivity index is 0.971. The summed E-state index contributed by atoms with van der Waals surface area (Å²) in [5.74, 6) is 1.23. The van der Waals surface area contributed by atoms with E-state index in [0.29, 0.717) is 0 Å². The molecule has 0 N–H and O–H groups in total. The zero-order valence-electron chi connectivity index (χ0n) is 31.4. The van der Waals surface area contributed by atoms with E-state index in [-0.39, 0.29) is 12.0 Å². The molecule has 2 atom stereocenters. The van der Waals surface area contributed by atoms with Crippen LogP contribution in [0.2, 0.25) is 0 Å². The minimum absolute atomic E-state index is 0.0393. The van der Waals surface area contributed by atoms with Crippen LogP contribution in [0.25, 0.3) is 55.6 Å². The van der Waals surface area contributed by atoms with Crippen LogP contribution in [-0.4, -0.2) is 6.10 Å². The molecule has 8 aromatic carbocycles. The second-order valence-electron chi connectivity index (χ2n) is 15.2. The zero-order chi connectivity index (χ0) is 37.7. The first-order valence-electron chi connectivity index (χ1n) is 19.9. The summed E-state index contributed by atoms with van der Waals surface area (Å²) in [6, 6.07) is 68.5. The van der Waals surface area contributed by atoms with Gasteiger partial charge in [-0.1, -0.05) is 170 Å². The van der Waals surface area contributed by atoms with Crippen molar-refractivity contribution in [1.82, 2.24) is 0 Å². The van der Waals surface area contributed by atoms with E-state index in [1.165, 1.54) is 61.2 Å². The minimum atomic E-state index is 0.0393. The van der Waals surface area contributed by atoms with Gasteiger partial charge >= 0.3 is 0 Å². The number of nitrogens with zero attached hydrogens (tertiary/aromatic N) is 1. The molecule has 57 heavy (non-hydrogen) atoms. The van der Waals surface area contributed by atoms with Crippen LogP contribution >= 0.6 is 0 Å². The molecule has 2 nitrogen and oxygen atoms in total. The standard InChI is InChI=1S/C55H39NO/c1-2-11-37(12-3-1)38-23-25-39(26-24-38)40-27-31-44(32-28-40)56(45-33-29-41(30-34-45)47-18-9-20-50-48-16-5-4-13-43(48)36-53(47)50)46-15-8-14-42(35-46)49-19-10-21-52-51-17-6-7-22-54(51)57-55(49)52/h1-35,51,54H,36H2. The van der Waals surface area contributed by atoms with Gasteiger partial charge in [0.1, 0.15) is 11.9 Å². The summed E-state index contributed by atoms with van der Waals surface area (Å²) >= 11 is 0. The van der Waals surface area contributed by atoms with Gasteiger partial charge in [-0.25, -0.2) is 0 Å². The first-order chi connectivity index (χ1) is 28.2. The third kappa shape index (κ3) is 5.89. The van der Waals surface area contributed by atoms with E-state index in [1.54, 1.807) is 0 Å². The lowest BCUT2D eigenvalue weighted by Gasteiger charge is -2.27. The predicted molar refractivity (Wildman–Crippen MR) is 237 cm³/mol. The Morgan fingerprint density at radius 3 is 1.74 bits per heavy atom. The van der Waals surface area contributed by atoms with Crippen molar-refractivity contribution in [3.63, 3.8) is 0 Å². The number of hydrogen-bond acceptors (Lipinski definition) is 2. The van der Waals surface area contributed by atoms with Gasteiger partial charge < -0.3 is 9.64 Å². The van der Waals surface area contributed by atoms with E-state index < -0.39 is 0 Å². The van der Waals surface area contributed by atoms with Crippen LogP contribution in [0, 0.1) is 0 Å². The largest absolute Gasteiger partial charge is 0.484 e. The molecule has 3 aliphatic rings. The van der Waals surface area contributed by atoms with Crippen LogP contribution in [-0.2, 0) is 6.42 Å². The Hall–Kier alpha value is -7.16. The molecule has 8 aromatic rings. The Labute approximate surface area is 334 Å². The highest BCUT2D eigenvalue weighted by Gasteiger charge is 2.34. The van der Waals surface area contributed by atoms with Crippen LogP contribution < -0.4 is 9.64 Å². The van der Waals surface area contributed by atoms with Gasteiger partial charge in [0.2, 0.25) is 0 Å². The van der Waals surface area contributed by atoms with E-state index in [0.717, 1.165) is 40.4 Å². The quantitative estimate of drug-likeness (QED) is 0.162. The molecule has 0 radical (unpaired) electrons. The average Bonchev–Trinajstić information content (AvgIpc) is 3.86. The highest BCUT2D eigenvalue weighted by Crippen LogP contribution is 2.48. The maximum Gasteiger partial charge on any atom is 0.132 e. The summed E-state index contributed by atoms with van der Waals surface area (Å²) in [7, 11) is 0. The van der Waals surface area contributed by atoms with Crippen molar-refractivity contribution in [2.75, 3.05) is 4.90 Å². The third-order valence-corrected chi connectivity index (χ3v) is 11.9. The Morgan fingerprint density at radius 1 is 0.404 bits per heavy atom. The molecule has 11 rings (SSSR count). The molecule has 1 heterocycles. The molecule has 270 valence electrons. The molecule has 0 saturated heterocycles. The first kappa shape index (κ1) is 33.2. The lowest BCUT2D eigenvalue weighted by Crippen LogP contribution is -2.15. The van der Waals surface area contributed by atoms with E-state index in [1.807, 2.05) is 0 Å². The summed E-state index contributed by atoms with van der Waals surface area (Å²) < 4.78 is 6.61. The molecule has 2 aliphatic carbocycles. The maximum absolute atomic E-state index is 6.61. The number of para-hydroxylation sites is 1. The van der Waals surface area contributed by atoms with Crippen LogP contribution in [0.15, 0.2) is 212 Å². The second kappa shape index (κ2) is 13.8. The fourth-order valence-electron chi connectivity index (χ4n) is 9.06. The van der Waals surface area contributed by atoms with Crippen LogP contribution in [0.3, 0.4) is 0 Å². The molecular weight excluding hydrogens is 691 g/mol. The van der Waals surface area contributed by atoms with Crippen molar-refractivity contribution in [2.24, 2.45) is 0 Å². The van der Waals surface area contributed by atoms with Crippen molar-refractivity contribution in [1.29, 1.82) is 0 Å². The SMILES string of the molecule is C1=CC2Oc3c(-c4cccc(N(c5ccc(-c6ccc(-c7ccccc7)cc6)cc5)c5ccc(-c6cccc7c6Cc6ccccc6-7)cc5)c4)cccc3C2C=C1. The number of fused-ring (bicyclic) bond motifs is 6. The van der Waals surface area contributed by atoms with Gasteiger partial charge in [0.15, 0.2) is 0 Å². The van der Waals surface area contributed by atoms with Crippen molar-refractivity contribution in [3.05, 3.63) is 229 Å². The third-order valence-electron chi connectivity index (χ3n) is 11.9. The highest BCUT2D eigenvalue weighted by atomic mass is 16.5. The van der Waals surface area contributed by atoms with Gasteiger partial charge in [0.05, 0.1) is 0 Å². The molecule has 0 bridgehead atoms. The van der Waals surface area contributed by atoms with Crippen LogP contribution in [0.5, 0.6) is 5.75 Å². The lowest BCUT2D eigenvalue weighted by atomic mass is 9.90. The fourth-order valence-corrected chi connectivity index (χ4v) is 9.06. The Bertz CT molecular complexity index is 2830. The Morgan fingerprint density at radius 2 is 0.965 bits per heavy atom. The van der Waals surface area contributed by atoms with Gasteiger partial charge in [-0.15, -0.1) is 0 Å². The van der Waals surface area contributed by atoms with E-state index in [9.17, 15) is 0 Å². The molecule has 0 aromatic heterocycles. The van der Waals surface area contributed by atoms with Crippen molar-refractivity contribution < 1.29 is 4.74 Å². The highest BCUT2D eigenvalue weighted by molar-refractivity contribution is 5.87. The van der Waals surface area contributed by atoms with E-state index >= 15 is 0 Å². The van der Waals surface area contributed by atoms with Gasteiger partial charge in [0, 0.05) is 34.1 Å². The number of hydrogen-bond donors (Lipinski definition) is 0. The summed E-state index contributed by atoms with van der Waals surface area (Å²) in [4.78, 5) is 2.37. The van der Waals surface area contributed by atoms with Crippen LogP contribution in [0.4, 0.5) is 17.1 Å². The van der Waals surface area contributed by atoms with Crippen molar-refractivity contribution in [2.45, 2.75) is 18.4 Å². The van der Waals surface area contributed by atoms with Crippen molar-refractivity contribution in [3.8, 4) is 61.4 Å².